The average Bonchev–Trinajstić information content (AvgIpc) is 3.23. The third-order valence-corrected chi connectivity index (χ3v) is 4.71. The van der Waals surface area contributed by atoms with Crippen LogP contribution in [0, 0.1) is 6.92 Å². The van der Waals surface area contributed by atoms with Crippen LogP contribution in [-0.2, 0) is 0 Å². The molecule has 0 unspecified atom stereocenters. The van der Waals surface area contributed by atoms with Crippen molar-refractivity contribution in [3.05, 3.63) is 52.3 Å². The summed E-state index contributed by atoms with van der Waals surface area (Å²) in [6.07, 6.45) is 5.91. The van der Waals surface area contributed by atoms with Crippen LogP contribution in [0.2, 0.25) is 0 Å². The summed E-state index contributed by atoms with van der Waals surface area (Å²) in [6.45, 7) is 1.96. The van der Waals surface area contributed by atoms with Gasteiger partial charge in [0.25, 0.3) is 5.91 Å². The molecule has 6 heteroatoms. The number of nitrogens with zero attached hydrogens (tertiary/aromatic N) is 2. The number of anilines is 1. The summed E-state index contributed by atoms with van der Waals surface area (Å²) in [7, 11) is 0. The van der Waals surface area contributed by atoms with Gasteiger partial charge in [0.2, 0.25) is 0 Å². The molecule has 3 N–H and O–H groups in total. The number of amides is 1. The molecule has 0 spiro atoms. The van der Waals surface area contributed by atoms with Gasteiger partial charge in [-0.25, -0.2) is 4.98 Å². The monoisotopic (exact) mass is 384 g/mol. The van der Waals surface area contributed by atoms with Gasteiger partial charge >= 0.3 is 0 Å². The summed E-state index contributed by atoms with van der Waals surface area (Å²) < 4.78 is 2.85. The molecule has 0 atom stereocenters. The standard InChI is InChI=1S/C18H17BrN4O/c1-10-6-11(2-5-14(10)18(24)22-13-3-4-13)16-8-21-17-15(20)7-12(19)9-23(16)17/h2,5-9,13H,3-4,20H2,1H3,(H,22,24). The average molecular weight is 385 g/mol. The van der Waals surface area contributed by atoms with Crippen molar-refractivity contribution in [2.45, 2.75) is 25.8 Å². The lowest BCUT2D eigenvalue weighted by Crippen LogP contribution is -2.26. The van der Waals surface area contributed by atoms with Crippen molar-refractivity contribution in [1.29, 1.82) is 0 Å². The summed E-state index contributed by atoms with van der Waals surface area (Å²) in [6, 6.07) is 8.04. The lowest BCUT2D eigenvalue weighted by molar-refractivity contribution is 0.0950. The number of hydrogen-bond acceptors (Lipinski definition) is 3. The maximum atomic E-state index is 12.3. The Bertz CT molecular complexity index is 959. The van der Waals surface area contributed by atoms with Crippen molar-refractivity contribution in [3.8, 4) is 11.3 Å². The van der Waals surface area contributed by atoms with Gasteiger partial charge in [-0.2, -0.15) is 0 Å². The maximum Gasteiger partial charge on any atom is 0.251 e. The number of hydrogen-bond donors (Lipinski definition) is 2. The van der Waals surface area contributed by atoms with Crippen LogP contribution in [0.25, 0.3) is 16.9 Å². The number of aromatic nitrogens is 2. The molecule has 1 fully saturated rings. The zero-order chi connectivity index (χ0) is 16.8. The van der Waals surface area contributed by atoms with E-state index in [-0.39, 0.29) is 5.91 Å². The normalized spacial score (nSPS) is 14.1. The first-order valence-corrected chi connectivity index (χ1v) is 8.66. The molecule has 1 aliphatic carbocycles. The minimum Gasteiger partial charge on any atom is -0.396 e. The van der Waals surface area contributed by atoms with Crippen LogP contribution < -0.4 is 11.1 Å². The Balaban J connectivity index is 1.74. The van der Waals surface area contributed by atoms with Gasteiger partial charge < -0.3 is 11.1 Å². The van der Waals surface area contributed by atoms with E-state index in [4.69, 9.17) is 5.73 Å². The zero-order valence-corrected chi connectivity index (χ0v) is 14.8. The molecular formula is C18H17BrN4O. The second kappa shape index (κ2) is 5.63. The van der Waals surface area contributed by atoms with E-state index in [9.17, 15) is 4.79 Å². The predicted octanol–water partition coefficient (Wildman–Crippen LogP) is 3.55. The summed E-state index contributed by atoms with van der Waals surface area (Å²) in [5.74, 6) is 0.00619. The minimum atomic E-state index is 0.00619. The molecule has 1 aliphatic rings. The van der Waals surface area contributed by atoms with Crippen molar-refractivity contribution in [2.75, 3.05) is 5.73 Å². The highest BCUT2D eigenvalue weighted by atomic mass is 79.9. The van der Waals surface area contributed by atoms with Gasteiger partial charge in [-0.3, -0.25) is 9.20 Å². The van der Waals surface area contributed by atoms with E-state index in [0.29, 0.717) is 11.7 Å². The fraction of sp³-hybridized carbons (Fsp3) is 0.222. The molecule has 122 valence electrons. The van der Waals surface area contributed by atoms with Gasteiger partial charge in [0.15, 0.2) is 5.65 Å². The number of halogens is 1. The van der Waals surface area contributed by atoms with E-state index in [1.54, 1.807) is 6.20 Å². The molecular weight excluding hydrogens is 368 g/mol. The SMILES string of the molecule is Cc1cc(-c2cnc3c(N)cc(Br)cn23)ccc1C(=O)NC1CC1. The van der Waals surface area contributed by atoms with E-state index >= 15 is 0 Å². The fourth-order valence-corrected chi connectivity index (χ4v) is 3.31. The maximum absolute atomic E-state index is 12.3. The van der Waals surface area contributed by atoms with Crippen LogP contribution in [0.15, 0.2) is 41.1 Å². The summed E-state index contributed by atoms with van der Waals surface area (Å²) in [5, 5.41) is 3.03. The first-order valence-electron chi connectivity index (χ1n) is 7.87. The van der Waals surface area contributed by atoms with Crippen molar-refractivity contribution < 1.29 is 4.79 Å². The van der Waals surface area contributed by atoms with Crippen LogP contribution in [-0.4, -0.2) is 21.3 Å². The molecule has 3 aromatic rings. The van der Waals surface area contributed by atoms with E-state index < -0.39 is 0 Å². The number of fused-ring (bicyclic) bond motifs is 1. The van der Waals surface area contributed by atoms with Gasteiger partial charge in [0.05, 0.1) is 17.6 Å². The van der Waals surface area contributed by atoms with Crippen molar-refractivity contribution >= 4 is 33.2 Å². The number of nitrogens with two attached hydrogens (primary N) is 1. The van der Waals surface area contributed by atoms with Gasteiger partial charge in [-0.05, 0) is 59.5 Å². The Kier molecular flexibility index (Phi) is 3.57. The number of rotatable bonds is 3. The molecule has 5 nitrogen and oxygen atoms in total. The third kappa shape index (κ3) is 2.67. The van der Waals surface area contributed by atoms with Crippen molar-refractivity contribution in [2.24, 2.45) is 0 Å². The first kappa shape index (κ1) is 15.2. The second-order valence-electron chi connectivity index (χ2n) is 6.23. The largest absolute Gasteiger partial charge is 0.396 e. The third-order valence-electron chi connectivity index (χ3n) is 4.28. The Morgan fingerprint density at radius 1 is 1.38 bits per heavy atom. The molecule has 1 amide bonds. The summed E-state index contributed by atoms with van der Waals surface area (Å²) in [5.41, 5.74) is 11.0. The number of nitrogens with one attached hydrogen (secondary N) is 1. The molecule has 2 heterocycles. The van der Waals surface area contributed by atoms with Crippen LogP contribution in [0.4, 0.5) is 5.69 Å². The Hall–Kier alpha value is -2.34. The predicted molar refractivity (Wildman–Crippen MR) is 98.0 cm³/mol. The van der Waals surface area contributed by atoms with Gasteiger partial charge in [-0.15, -0.1) is 0 Å². The molecule has 0 aliphatic heterocycles. The van der Waals surface area contributed by atoms with Crippen molar-refractivity contribution in [3.63, 3.8) is 0 Å². The van der Waals surface area contributed by atoms with Gasteiger partial charge in [-0.1, -0.05) is 6.07 Å². The number of imidazole rings is 1. The number of benzene rings is 1. The van der Waals surface area contributed by atoms with Gasteiger partial charge in [0.1, 0.15) is 0 Å². The second-order valence-corrected chi connectivity index (χ2v) is 7.14. The minimum absolute atomic E-state index is 0.00619. The molecule has 24 heavy (non-hydrogen) atoms. The highest BCUT2D eigenvalue weighted by Crippen LogP contribution is 2.28. The summed E-state index contributed by atoms with van der Waals surface area (Å²) in [4.78, 5) is 16.7. The zero-order valence-electron chi connectivity index (χ0n) is 13.2. The molecule has 1 saturated carbocycles. The van der Waals surface area contributed by atoms with Crippen LogP contribution in [0.3, 0.4) is 0 Å². The first-order chi connectivity index (χ1) is 11.5. The Morgan fingerprint density at radius 3 is 2.88 bits per heavy atom. The molecule has 2 aromatic heterocycles. The van der Waals surface area contributed by atoms with Crippen LogP contribution >= 0.6 is 15.9 Å². The molecule has 0 radical (unpaired) electrons. The lowest BCUT2D eigenvalue weighted by Gasteiger charge is -2.09. The molecule has 0 saturated heterocycles. The smallest absolute Gasteiger partial charge is 0.251 e. The number of nitrogen functional groups attached to an aromatic ring is 1. The number of pyridine rings is 1. The number of aryl methyl sites for hydroxylation is 1. The van der Waals surface area contributed by atoms with Crippen LogP contribution in [0.1, 0.15) is 28.8 Å². The highest BCUT2D eigenvalue weighted by molar-refractivity contribution is 9.10. The van der Waals surface area contributed by atoms with Crippen molar-refractivity contribution in [1.82, 2.24) is 14.7 Å². The Morgan fingerprint density at radius 2 is 2.17 bits per heavy atom. The quantitative estimate of drug-likeness (QED) is 0.724. The van der Waals surface area contributed by atoms with Gasteiger partial charge in [0, 0.05) is 27.8 Å². The summed E-state index contributed by atoms with van der Waals surface area (Å²) >= 11 is 3.47. The number of carbonyl (C=O) groups excluding carboxylic acids is 1. The van der Waals surface area contributed by atoms with E-state index in [1.165, 1.54) is 0 Å². The highest BCUT2D eigenvalue weighted by Gasteiger charge is 2.24. The van der Waals surface area contributed by atoms with E-state index in [2.05, 4.69) is 26.2 Å². The van der Waals surface area contributed by atoms with Crippen LogP contribution in [0.5, 0.6) is 0 Å². The Labute approximate surface area is 148 Å². The fourth-order valence-electron chi connectivity index (χ4n) is 2.86. The molecule has 4 rings (SSSR count). The lowest BCUT2D eigenvalue weighted by atomic mass is 10.0. The number of carbonyl (C=O) groups is 1. The van der Waals surface area contributed by atoms with E-state index in [1.807, 2.05) is 41.8 Å². The van der Waals surface area contributed by atoms with E-state index in [0.717, 1.165) is 45.3 Å². The molecule has 1 aromatic carbocycles. The topological polar surface area (TPSA) is 72.4 Å². The molecule has 0 bridgehead atoms.